The lowest BCUT2D eigenvalue weighted by Crippen LogP contribution is -2.14. The molecule has 0 saturated heterocycles. The van der Waals surface area contributed by atoms with Crippen LogP contribution in [0, 0.1) is 0 Å². The van der Waals surface area contributed by atoms with Gasteiger partial charge in [-0.3, -0.25) is 4.79 Å². The first-order chi connectivity index (χ1) is 9.47. The molecule has 0 aromatic heterocycles. The monoisotopic (exact) mass is 335 g/mol. The predicted octanol–water partition coefficient (Wildman–Crippen LogP) is 2.45. The van der Waals surface area contributed by atoms with Gasteiger partial charge in [0.2, 0.25) is 0 Å². The van der Waals surface area contributed by atoms with E-state index in [4.69, 9.17) is 11.5 Å². The molecule has 104 valence electrons. The van der Waals surface area contributed by atoms with Crippen molar-refractivity contribution in [2.75, 3.05) is 11.1 Å². The molecule has 0 aliphatic carbocycles. The second kappa shape index (κ2) is 5.83. The van der Waals surface area contributed by atoms with E-state index in [0.717, 1.165) is 4.47 Å². The van der Waals surface area contributed by atoms with Crippen LogP contribution in [0.25, 0.3) is 0 Å². The maximum atomic E-state index is 11.4. The Morgan fingerprint density at radius 1 is 1.25 bits per heavy atom. The number of anilines is 2. The zero-order valence-corrected chi connectivity index (χ0v) is 12.1. The molecule has 0 radical (unpaired) electrons. The minimum Gasteiger partial charge on any atom is -0.508 e. The van der Waals surface area contributed by atoms with Gasteiger partial charge in [-0.2, -0.15) is 0 Å². The van der Waals surface area contributed by atoms with Crippen LogP contribution in [0.1, 0.15) is 15.9 Å². The van der Waals surface area contributed by atoms with Crippen molar-refractivity contribution in [3.8, 4) is 5.75 Å². The molecule has 0 atom stereocenters. The summed E-state index contributed by atoms with van der Waals surface area (Å²) in [6, 6.07) is 9.94. The first kappa shape index (κ1) is 14.2. The van der Waals surface area contributed by atoms with Gasteiger partial charge in [0.15, 0.2) is 0 Å². The number of rotatable bonds is 4. The maximum absolute atomic E-state index is 11.4. The molecule has 5 nitrogen and oxygen atoms in total. The molecule has 0 spiro atoms. The molecular weight excluding hydrogens is 322 g/mol. The number of benzene rings is 2. The van der Waals surface area contributed by atoms with Crippen molar-refractivity contribution in [1.82, 2.24) is 0 Å². The topological polar surface area (TPSA) is 101 Å². The van der Waals surface area contributed by atoms with Gasteiger partial charge in [-0.1, -0.05) is 15.9 Å². The quantitative estimate of drug-likeness (QED) is 0.509. The van der Waals surface area contributed by atoms with Crippen LogP contribution < -0.4 is 16.8 Å². The van der Waals surface area contributed by atoms with Gasteiger partial charge in [0.25, 0.3) is 5.91 Å². The van der Waals surface area contributed by atoms with Crippen LogP contribution in [0.5, 0.6) is 5.75 Å². The molecule has 2 rings (SSSR count). The van der Waals surface area contributed by atoms with Crippen molar-refractivity contribution >= 4 is 33.2 Å². The summed E-state index contributed by atoms with van der Waals surface area (Å²) < 4.78 is 0.821. The minimum absolute atomic E-state index is 0.141. The summed E-state index contributed by atoms with van der Waals surface area (Å²) in [6.45, 7) is 0.327. The summed E-state index contributed by atoms with van der Waals surface area (Å²) >= 11 is 3.34. The summed E-state index contributed by atoms with van der Waals surface area (Å²) in [5, 5.41) is 12.8. The molecule has 20 heavy (non-hydrogen) atoms. The van der Waals surface area contributed by atoms with E-state index >= 15 is 0 Å². The van der Waals surface area contributed by atoms with Crippen LogP contribution in [-0.4, -0.2) is 11.0 Å². The number of amides is 1. The number of primary amides is 1. The SMILES string of the molecule is NC(=O)c1ccc(Br)cc1NCc1cc(N)ccc1O. The van der Waals surface area contributed by atoms with Crippen molar-refractivity contribution in [2.45, 2.75) is 6.54 Å². The molecule has 6 N–H and O–H groups in total. The van der Waals surface area contributed by atoms with Crippen molar-refractivity contribution < 1.29 is 9.90 Å². The van der Waals surface area contributed by atoms with E-state index < -0.39 is 5.91 Å². The van der Waals surface area contributed by atoms with E-state index in [0.29, 0.717) is 29.0 Å². The Kier molecular flexibility index (Phi) is 4.14. The van der Waals surface area contributed by atoms with Gasteiger partial charge in [0, 0.05) is 28.0 Å². The lowest BCUT2D eigenvalue weighted by atomic mass is 10.1. The van der Waals surface area contributed by atoms with E-state index in [2.05, 4.69) is 21.2 Å². The highest BCUT2D eigenvalue weighted by atomic mass is 79.9. The average Bonchev–Trinajstić information content (AvgIpc) is 2.39. The average molecular weight is 336 g/mol. The number of phenols is 1. The number of carbonyl (C=O) groups excluding carboxylic acids is 1. The number of nitrogens with one attached hydrogen (secondary N) is 1. The van der Waals surface area contributed by atoms with Crippen molar-refractivity contribution in [2.24, 2.45) is 5.73 Å². The Bertz CT molecular complexity index is 659. The number of hydrogen-bond donors (Lipinski definition) is 4. The minimum atomic E-state index is -0.517. The van der Waals surface area contributed by atoms with Gasteiger partial charge in [0.1, 0.15) is 5.75 Å². The Morgan fingerprint density at radius 2 is 2.00 bits per heavy atom. The van der Waals surface area contributed by atoms with Crippen LogP contribution in [-0.2, 0) is 6.54 Å². The molecule has 0 fully saturated rings. The first-order valence-electron chi connectivity index (χ1n) is 5.88. The number of carbonyl (C=O) groups is 1. The van der Waals surface area contributed by atoms with Crippen LogP contribution in [0.15, 0.2) is 40.9 Å². The summed E-state index contributed by atoms with van der Waals surface area (Å²) in [5.74, 6) is -0.376. The number of halogens is 1. The molecule has 0 bridgehead atoms. The maximum Gasteiger partial charge on any atom is 0.250 e. The molecule has 2 aromatic carbocycles. The predicted molar refractivity (Wildman–Crippen MR) is 82.5 cm³/mol. The smallest absolute Gasteiger partial charge is 0.250 e. The second-order valence-electron chi connectivity index (χ2n) is 4.30. The Labute approximate surface area is 124 Å². The van der Waals surface area contributed by atoms with Crippen molar-refractivity contribution in [1.29, 1.82) is 0 Å². The molecule has 0 unspecified atom stereocenters. The normalized spacial score (nSPS) is 10.2. The fraction of sp³-hybridized carbons (Fsp3) is 0.0714. The van der Waals surface area contributed by atoms with Gasteiger partial charge in [-0.15, -0.1) is 0 Å². The third-order valence-electron chi connectivity index (χ3n) is 2.82. The molecule has 0 aliphatic rings. The highest BCUT2D eigenvalue weighted by molar-refractivity contribution is 9.10. The third-order valence-corrected chi connectivity index (χ3v) is 3.31. The van der Waals surface area contributed by atoms with Crippen LogP contribution in [0.2, 0.25) is 0 Å². The van der Waals surface area contributed by atoms with Crippen molar-refractivity contribution in [3.05, 3.63) is 52.0 Å². The number of aromatic hydroxyl groups is 1. The number of hydrogen-bond acceptors (Lipinski definition) is 4. The summed E-state index contributed by atoms with van der Waals surface area (Å²) in [6.07, 6.45) is 0. The molecule has 0 aliphatic heterocycles. The van der Waals surface area contributed by atoms with Crippen LogP contribution in [0.4, 0.5) is 11.4 Å². The summed E-state index contributed by atoms with van der Waals surface area (Å²) in [5.41, 5.74) is 13.2. The van der Waals surface area contributed by atoms with Gasteiger partial charge in [0.05, 0.1) is 5.56 Å². The van der Waals surface area contributed by atoms with E-state index in [1.807, 2.05) is 0 Å². The lowest BCUT2D eigenvalue weighted by molar-refractivity contribution is 0.100. The number of nitrogen functional groups attached to an aromatic ring is 1. The van der Waals surface area contributed by atoms with Gasteiger partial charge in [-0.25, -0.2) is 0 Å². The number of nitrogens with two attached hydrogens (primary N) is 2. The Balaban J connectivity index is 2.24. The van der Waals surface area contributed by atoms with Crippen LogP contribution >= 0.6 is 15.9 Å². The summed E-state index contributed by atoms with van der Waals surface area (Å²) in [4.78, 5) is 11.4. The first-order valence-corrected chi connectivity index (χ1v) is 6.67. The van der Waals surface area contributed by atoms with E-state index in [1.54, 1.807) is 30.3 Å². The molecule has 0 heterocycles. The van der Waals surface area contributed by atoms with Crippen molar-refractivity contribution in [3.63, 3.8) is 0 Å². The summed E-state index contributed by atoms with van der Waals surface area (Å²) in [7, 11) is 0. The number of phenolic OH excluding ortho intramolecular Hbond substituents is 1. The van der Waals surface area contributed by atoms with Gasteiger partial charge >= 0.3 is 0 Å². The molecule has 2 aromatic rings. The second-order valence-corrected chi connectivity index (χ2v) is 5.21. The fourth-order valence-electron chi connectivity index (χ4n) is 1.82. The third kappa shape index (κ3) is 3.21. The molecular formula is C14H14BrN3O2. The zero-order chi connectivity index (χ0) is 14.7. The highest BCUT2D eigenvalue weighted by Gasteiger charge is 2.09. The van der Waals surface area contributed by atoms with Gasteiger partial charge < -0.3 is 21.9 Å². The van der Waals surface area contributed by atoms with E-state index in [1.165, 1.54) is 6.07 Å². The van der Waals surface area contributed by atoms with Crippen LogP contribution in [0.3, 0.4) is 0 Å². The largest absolute Gasteiger partial charge is 0.508 e. The zero-order valence-electron chi connectivity index (χ0n) is 10.6. The Hall–Kier alpha value is -2.21. The Morgan fingerprint density at radius 3 is 2.70 bits per heavy atom. The molecule has 0 saturated carbocycles. The molecule has 6 heteroatoms. The standard InChI is InChI=1S/C14H14BrN3O2/c15-9-1-3-11(14(17)20)12(6-9)18-7-8-5-10(16)2-4-13(8)19/h1-6,18-19H,7,16H2,(H2,17,20). The van der Waals surface area contributed by atoms with E-state index in [-0.39, 0.29) is 5.75 Å². The fourth-order valence-corrected chi connectivity index (χ4v) is 2.18. The van der Waals surface area contributed by atoms with E-state index in [9.17, 15) is 9.90 Å². The highest BCUT2D eigenvalue weighted by Crippen LogP contribution is 2.24. The van der Waals surface area contributed by atoms with Gasteiger partial charge in [-0.05, 0) is 36.4 Å². The molecule has 1 amide bonds. The lowest BCUT2D eigenvalue weighted by Gasteiger charge is -2.12.